The zero-order valence-electron chi connectivity index (χ0n) is 13.5. The number of anilines is 1. The third-order valence-corrected chi connectivity index (χ3v) is 4.99. The van der Waals surface area contributed by atoms with E-state index in [2.05, 4.69) is 5.32 Å². The highest BCUT2D eigenvalue weighted by Gasteiger charge is 2.34. The van der Waals surface area contributed by atoms with Gasteiger partial charge in [-0.2, -0.15) is 0 Å². The lowest BCUT2D eigenvalue weighted by atomic mass is 9.82. The molecule has 0 saturated carbocycles. The van der Waals surface area contributed by atoms with Crippen LogP contribution in [0.2, 0.25) is 0 Å². The van der Waals surface area contributed by atoms with Crippen molar-refractivity contribution in [2.24, 2.45) is 0 Å². The van der Waals surface area contributed by atoms with Crippen molar-refractivity contribution < 1.29 is 14.5 Å². The van der Waals surface area contributed by atoms with Crippen LogP contribution in [0.5, 0.6) is 0 Å². The van der Waals surface area contributed by atoms with E-state index in [4.69, 9.17) is 4.74 Å². The molecule has 2 aromatic rings. The number of rotatable bonds is 3. The van der Waals surface area contributed by atoms with Gasteiger partial charge in [0, 0.05) is 28.6 Å². The molecule has 6 nitrogen and oxygen atoms in total. The topological polar surface area (TPSA) is 81.5 Å². The third kappa shape index (κ3) is 2.67. The summed E-state index contributed by atoms with van der Waals surface area (Å²) < 4.78 is 4.94. The Labute approximate surface area is 142 Å². The second-order valence-electron chi connectivity index (χ2n) is 5.58. The second kappa shape index (κ2) is 6.09. The highest BCUT2D eigenvalue weighted by atomic mass is 32.1. The first-order valence-electron chi connectivity index (χ1n) is 7.33. The number of non-ortho nitro benzene ring substituents is 1. The Morgan fingerprint density at radius 3 is 2.75 bits per heavy atom. The molecule has 0 amide bonds. The van der Waals surface area contributed by atoms with Crippen LogP contribution < -0.4 is 5.32 Å². The zero-order chi connectivity index (χ0) is 17.4. The Kier molecular flexibility index (Phi) is 4.11. The van der Waals surface area contributed by atoms with Crippen molar-refractivity contribution in [3.05, 3.63) is 67.7 Å². The van der Waals surface area contributed by atoms with Crippen LogP contribution in [0.15, 0.2) is 41.6 Å². The number of nitrogens with one attached hydrogen (secondary N) is 1. The maximum Gasteiger partial charge on any atom is 0.336 e. The molecule has 1 aromatic heterocycles. The number of benzene rings is 1. The zero-order valence-corrected chi connectivity index (χ0v) is 14.3. The first-order chi connectivity index (χ1) is 11.4. The number of hydrogen-bond acceptors (Lipinski definition) is 6. The van der Waals surface area contributed by atoms with Gasteiger partial charge in [0.05, 0.1) is 22.6 Å². The average Bonchev–Trinajstić information content (AvgIpc) is 2.92. The summed E-state index contributed by atoms with van der Waals surface area (Å²) in [6, 6.07) is 8.40. The number of nitro groups is 1. The van der Waals surface area contributed by atoms with Gasteiger partial charge in [-0.1, -0.05) is 12.1 Å². The number of thiophene rings is 1. The highest BCUT2D eigenvalue weighted by Crippen LogP contribution is 2.46. The smallest absolute Gasteiger partial charge is 0.336 e. The first-order valence-corrected chi connectivity index (χ1v) is 8.14. The Balaban J connectivity index is 2.22. The van der Waals surface area contributed by atoms with Gasteiger partial charge in [-0.25, -0.2) is 4.79 Å². The summed E-state index contributed by atoms with van der Waals surface area (Å²) in [5.41, 5.74) is 2.81. The minimum absolute atomic E-state index is 0.00130. The molecule has 24 heavy (non-hydrogen) atoms. The lowest BCUT2D eigenvalue weighted by Crippen LogP contribution is -2.22. The molecule has 7 heteroatoms. The number of carbonyl (C=O) groups excluding carboxylic acids is 1. The fourth-order valence-corrected chi connectivity index (χ4v) is 4.01. The number of nitrogens with zero attached hydrogens (tertiary/aromatic N) is 1. The fourth-order valence-electron chi connectivity index (χ4n) is 3.00. The van der Waals surface area contributed by atoms with Crippen LogP contribution in [-0.4, -0.2) is 18.0 Å². The molecule has 1 unspecified atom stereocenters. The molecule has 1 N–H and O–H groups in total. The predicted molar refractivity (Wildman–Crippen MR) is 92.3 cm³/mol. The van der Waals surface area contributed by atoms with Gasteiger partial charge in [0.2, 0.25) is 0 Å². The molecule has 124 valence electrons. The predicted octanol–water partition coefficient (Wildman–Crippen LogP) is 3.97. The van der Waals surface area contributed by atoms with Crippen LogP contribution in [0.25, 0.3) is 0 Å². The molecular formula is C17H16N2O4S. The van der Waals surface area contributed by atoms with Gasteiger partial charge in [0.15, 0.2) is 0 Å². The van der Waals surface area contributed by atoms with Crippen LogP contribution in [0, 0.1) is 17.0 Å². The summed E-state index contributed by atoms with van der Waals surface area (Å²) in [6.07, 6.45) is 0. The van der Waals surface area contributed by atoms with Gasteiger partial charge in [0.1, 0.15) is 0 Å². The Morgan fingerprint density at radius 1 is 1.33 bits per heavy atom. The van der Waals surface area contributed by atoms with E-state index in [1.165, 1.54) is 19.2 Å². The Morgan fingerprint density at radius 2 is 2.08 bits per heavy atom. The number of allylic oxidation sites excluding steroid dienone is 1. The maximum absolute atomic E-state index is 12.3. The molecule has 0 fully saturated rings. The summed E-state index contributed by atoms with van der Waals surface area (Å²) in [7, 11) is 1.33. The van der Waals surface area contributed by atoms with Gasteiger partial charge in [-0.05, 0) is 31.0 Å². The summed E-state index contributed by atoms with van der Waals surface area (Å²) in [4.78, 5) is 24.1. The largest absolute Gasteiger partial charge is 0.466 e. The van der Waals surface area contributed by atoms with Crippen LogP contribution in [0.3, 0.4) is 0 Å². The number of nitro benzene ring substituents is 1. The van der Waals surface area contributed by atoms with E-state index in [0.717, 1.165) is 15.4 Å². The van der Waals surface area contributed by atoms with Crippen molar-refractivity contribution in [2.75, 3.05) is 12.4 Å². The van der Waals surface area contributed by atoms with E-state index >= 15 is 0 Å². The second-order valence-corrected chi connectivity index (χ2v) is 6.84. The van der Waals surface area contributed by atoms with E-state index in [0.29, 0.717) is 16.8 Å². The van der Waals surface area contributed by atoms with Gasteiger partial charge in [-0.3, -0.25) is 10.1 Å². The number of methoxy groups -OCH3 is 1. The first kappa shape index (κ1) is 16.2. The van der Waals surface area contributed by atoms with Crippen molar-refractivity contribution in [3.63, 3.8) is 0 Å². The number of esters is 1. The fraction of sp³-hybridized carbons (Fsp3) is 0.235. The maximum atomic E-state index is 12.3. The van der Waals surface area contributed by atoms with Crippen LogP contribution in [0.4, 0.5) is 10.7 Å². The molecule has 1 atom stereocenters. The van der Waals surface area contributed by atoms with Gasteiger partial charge >= 0.3 is 5.97 Å². The Hall–Kier alpha value is -2.67. The normalized spacial score (nSPS) is 16.4. The quantitative estimate of drug-likeness (QED) is 0.517. The van der Waals surface area contributed by atoms with E-state index in [1.54, 1.807) is 23.5 Å². The SMILES string of the molecule is COC(=O)C1=C(C)Nc2sc(C)cc2C1c1cccc([N+](=O)[O-])c1. The van der Waals surface area contributed by atoms with Crippen LogP contribution >= 0.6 is 11.3 Å². The number of ether oxygens (including phenoxy) is 1. The molecule has 3 rings (SSSR count). The number of hydrogen-bond donors (Lipinski definition) is 1. The Bertz CT molecular complexity index is 869. The molecule has 0 bridgehead atoms. The van der Waals surface area contributed by atoms with Gasteiger partial charge in [-0.15, -0.1) is 11.3 Å². The molecule has 0 saturated heterocycles. The molecule has 0 spiro atoms. The van der Waals surface area contributed by atoms with Gasteiger partial charge < -0.3 is 10.1 Å². The molecular weight excluding hydrogens is 328 g/mol. The third-order valence-electron chi connectivity index (χ3n) is 4.01. The molecule has 0 aliphatic carbocycles. The number of aryl methyl sites for hydroxylation is 1. The number of fused-ring (bicyclic) bond motifs is 1. The van der Waals surface area contributed by atoms with Crippen LogP contribution in [-0.2, 0) is 9.53 Å². The molecule has 1 aliphatic heterocycles. The minimum Gasteiger partial charge on any atom is -0.466 e. The van der Waals surface area contributed by atoms with Crippen molar-refractivity contribution in [1.29, 1.82) is 0 Å². The van der Waals surface area contributed by atoms with Crippen molar-refractivity contribution in [3.8, 4) is 0 Å². The van der Waals surface area contributed by atoms with Crippen molar-refractivity contribution in [1.82, 2.24) is 0 Å². The van der Waals surface area contributed by atoms with E-state index in [1.807, 2.05) is 19.9 Å². The van der Waals surface area contributed by atoms with E-state index in [-0.39, 0.29) is 5.69 Å². The monoisotopic (exact) mass is 344 g/mol. The van der Waals surface area contributed by atoms with E-state index in [9.17, 15) is 14.9 Å². The number of carbonyl (C=O) groups is 1. The summed E-state index contributed by atoms with van der Waals surface area (Å²) >= 11 is 1.59. The summed E-state index contributed by atoms with van der Waals surface area (Å²) in [5, 5.41) is 15.3. The van der Waals surface area contributed by atoms with Crippen molar-refractivity contribution >= 4 is 28.0 Å². The van der Waals surface area contributed by atoms with Crippen molar-refractivity contribution in [2.45, 2.75) is 19.8 Å². The molecule has 2 heterocycles. The lowest BCUT2D eigenvalue weighted by molar-refractivity contribution is -0.384. The minimum atomic E-state index is -0.439. The average molecular weight is 344 g/mol. The lowest BCUT2D eigenvalue weighted by Gasteiger charge is -2.27. The molecule has 1 aromatic carbocycles. The summed E-state index contributed by atoms with van der Waals surface area (Å²) in [5.74, 6) is -0.829. The standard InChI is InChI=1S/C17H16N2O4S/c1-9-7-13-15(11-5-4-6-12(8-11)19(21)22)14(17(20)23-3)10(2)18-16(13)24-9/h4-8,15,18H,1-3H3. The van der Waals surface area contributed by atoms with Crippen LogP contribution in [0.1, 0.15) is 28.8 Å². The summed E-state index contributed by atoms with van der Waals surface area (Å²) in [6.45, 7) is 3.80. The molecule has 0 radical (unpaired) electrons. The highest BCUT2D eigenvalue weighted by molar-refractivity contribution is 7.16. The molecule has 1 aliphatic rings. The van der Waals surface area contributed by atoms with E-state index < -0.39 is 16.8 Å². The van der Waals surface area contributed by atoms with Gasteiger partial charge in [0.25, 0.3) is 5.69 Å².